The molecule has 4 aromatic rings. The molecular formula is C22H16F3N3O2. The van der Waals surface area contributed by atoms with Gasteiger partial charge in [0.2, 0.25) is 11.8 Å². The molecule has 0 unspecified atom stereocenters. The summed E-state index contributed by atoms with van der Waals surface area (Å²) in [6.45, 7) is 0. The Morgan fingerprint density at radius 2 is 1.73 bits per heavy atom. The van der Waals surface area contributed by atoms with E-state index < -0.39 is 11.7 Å². The fraction of sp³-hybridized carbons (Fsp3) is 0.0909. The van der Waals surface area contributed by atoms with E-state index >= 15 is 0 Å². The molecule has 5 nitrogen and oxygen atoms in total. The molecule has 0 bridgehead atoms. The SMILES string of the molecule is O=C(Cc1ccc(C(F)(F)F)cc1)Nc1ccc(Oc2cccc3nccn23)cc1. The van der Waals surface area contributed by atoms with Gasteiger partial charge in [-0.15, -0.1) is 0 Å². The van der Waals surface area contributed by atoms with Gasteiger partial charge in [-0.1, -0.05) is 18.2 Å². The number of nitrogens with zero attached hydrogens (tertiary/aromatic N) is 2. The Hall–Kier alpha value is -3.81. The van der Waals surface area contributed by atoms with Crippen molar-refractivity contribution in [2.45, 2.75) is 12.6 Å². The molecule has 0 saturated heterocycles. The Balaban J connectivity index is 1.37. The number of hydrogen-bond donors (Lipinski definition) is 1. The quantitative estimate of drug-likeness (QED) is 0.483. The first-order valence-corrected chi connectivity index (χ1v) is 9.04. The largest absolute Gasteiger partial charge is 0.440 e. The molecule has 1 N–H and O–H groups in total. The van der Waals surface area contributed by atoms with Crippen molar-refractivity contribution in [2.24, 2.45) is 0 Å². The predicted octanol–water partition coefficient (Wildman–Crippen LogP) is 5.33. The summed E-state index contributed by atoms with van der Waals surface area (Å²) >= 11 is 0. The molecule has 0 fully saturated rings. The van der Waals surface area contributed by atoms with Crippen molar-refractivity contribution in [2.75, 3.05) is 5.32 Å². The van der Waals surface area contributed by atoms with Crippen LogP contribution in [0.3, 0.4) is 0 Å². The molecule has 0 radical (unpaired) electrons. The zero-order chi connectivity index (χ0) is 21.1. The molecule has 0 aliphatic rings. The Morgan fingerprint density at radius 3 is 2.43 bits per heavy atom. The molecule has 0 saturated carbocycles. The Labute approximate surface area is 169 Å². The van der Waals surface area contributed by atoms with Gasteiger partial charge in [-0.25, -0.2) is 4.98 Å². The maximum atomic E-state index is 12.6. The molecule has 30 heavy (non-hydrogen) atoms. The number of aromatic nitrogens is 2. The highest BCUT2D eigenvalue weighted by Crippen LogP contribution is 2.29. The van der Waals surface area contributed by atoms with Crippen molar-refractivity contribution in [3.63, 3.8) is 0 Å². The molecule has 0 aliphatic heterocycles. The van der Waals surface area contributed by atoms with Gasteiger partial charge in [-0.2, -0.15) is 13.2 Å². The number of hydrogen-bond acceptors (Lipinski definition) is 3. The number of alkyl halides is 3. The van der Waals surface area contributed by atoms with Gasteiger partial charge < -0.3 is 10.1 Å². The van der Waals surface area contributed by atoms with Crippen molar-refractivity contribution >= 4 is 17.2 Å². The first kappa shape index (κ1) is 19.5. The topological polar surface area (TPSA) is 55.6 Å². The summed E-state index contributed by atoms with van der Waals surface area (Å²) in [7, 11) is 0. The van der Waals surface area contributed by atoms with Crippen LogP contribution in [0.25, 0.3) is 5.65 Å². The number of anilines is 1. The van der Waals surface area contributed by atoms with Crippen LogP contribution in [-0.4, -0.2) is 15.3 Å². The lowest BCUT2D eigenvalue weighted by Crippen LogP contribution is -2.14. The minimum Gasteiger partial charge on any atom is -0.440 e. The van der Waals surface area contributed by atoms with Crippen LogP contribution >= 0.6 is 0 Å². The lowest BCUT2D eigenvalue weighted by Gasteiger charge is -2.10. The first-order valence-electron chi connectivity index (χ1n) is 9.04. The summed E-state index contributed by atoms with van der Waals surface area (Å²) in [6.07, 6.45) is -0.953. The smallest absolute Gasteiger partial charge is 0.416 e. The molecule has 0 aliphatic carbocycles. The highest BCUT2D eigenvalue weighted by molar-refractivity contribution is 5.92. The van der Waals surface area contributed by atoms with Crippen molar-refractivity contribution in [1.29, 1.82) is 0 Å². The van der Waals surface area contributed by atoms with Crippen LogP contribution in [-0.2, 0) is 17.4 Å². The van der Waals surface area contributed by atoms with E-state index in [9.17, 15) is 18.0 Å². The van der Waals surface area contributed by atoms with Gasteiger partial charge in [-0.3, -0.25) is 9.20 Å². The van der Waals surface area contributed by atoms with Gasteiger partial charge >= 0.3 is 6.18 Å². The van der Waals surface area contributed by atoms with Crippen molar-refractivity contribution < 1.29 is 22.7 Å². The Morgan fingerprint density at radius 1 is 1.00 bits per heavy atom. The van der Waals surface area contributed by atoms with Crippen LogP contribution in [0.1, 0.15) is 11.1 Å². The number of fused-ring (bicyclic) bond motifs is 1. The standard InChI is InChI=1S/C22H16F3N3O2/c23-22(24,25)16-6-4-15(5-7-16)14-20(29)27-17-8-10-18(11-9-17)30-21-3-1-2-19-26-12-13-28(19)21/h1-13H,14H2,(H,27,29). The lowest BCUT2D eigenvalue weighted by atomic mass is 10.1. The second kappa shape index (κ2) is 7.90. The maximum absolute atomic E-state index is 12.6. The number of ether oxygens (including phenoxy) is 1. The minimum absolute atomic E-state index is 0.0288. The normalized spacial score (nSPS) is 11.4. The third-order valence-corrected chi connectivity index (χ3v) is 4.40. The van der Waals surface area contributed by atoms with E-state index in [0.717, 1.165) is 17.8 Å². The molecule has 1 amide bonds. The molecule has 152 valence electrons. The molecule has 4 rings (SSSR count). The maximum Gasteiger partial charge on any atom is 0.416 e. The van der Waals surface area contributed by atoms with E-state index in [1.54, 1.807) is 41.1 Å². The average Bonchev–Trinajstić information content (AvgIpc) is 3.19. The molecule has 0 spiro atoms. The van der Waals surface area contributed by atoms with Gasteiger partial charge in [0.15, 0.2) is 0 Å². The highest BCUT2D eigenvalue weighted by Gasteiger charge is 2.29. The number of pyridine rings is 1. The number of carbonyl (C=O) groups excluding carboxylic acids is 1. The number of nitrogens with one attached hydrogen (secondary N) is 1. The van der Waals surface area contributed by atoms with Gasteiger partial charge in [-0.05, 0) is 54.1 Å². The van der Waals surface area contributed by atoms with Gasteiger partial charge in [0.1, 0.15) is 11.4 Å². The van der Waals surface area contributed by atoms with E-state index in [-0.39, 0.29) is 12.3 Å². The average molecular weight is 411 g/mol. The molecule has 2 aromatic heterocycles. The second-order valence-corrected chi connectivity index (χ2v) is 6.57. The highest BCUT2D eigenvalue weighted by atomic mass is 19.4. The minimum atomic E-state index is -4.39. The third-order valence-electron chi connectivity index (χ3n) is 4.40. The first-order chi connectivity index (χ1) is 14.4. The monoisotopic (exact) mass is 411 g/mol. The van der Waals surface area contributed by atoms with Crippen LogP contribution in [0.4, 0.5) is 18.9 Å². The number of imidazole rings is 1. The second-order valence-electron chi connectivity index (χ2n) is 6.57. The molecule has 2 heterocycles. The van der Waals surface area contributed by atoms with Crippen LogP contribution in [0.15, 0.2) is 79.1 Å². The molecular weight excluding hydrogens is 395 g/mol. The van der Waals surface area contributed by atoms with Crippen LogP contribution in [0.5, 0.6) is 11.6 Å². The predicted molar refractivity (Wildman–Crippen MR) is 105 cm³/mol. The molecule has 0 atom stereocenters. The summed E-state index contributed by atoms with van der Waals surface area (Å²) < 4.78 is 45.5. The fourth-order valence-electron chi connectivity index (χ4n) is 2.93. The van der Waals surface area contributed by atoms with Gasteiger partial charge in [0, 0.05) is 18.1 Å². The van der Waals surface area contributed by atoms with Crippen molar-refractivity contribution in [1.82, 2.24) is 9.38 Å². The summed E-state index contributed by atoms with van der Waals surface area (Å²) in [5.41, 5.74) is 1.07. The summed E-state index contributed by atoms with van der Waals surface area (Å²) in [5, 5.41) is 2.72. The van der Waals surface area contributed by atoms with E-state index in [1.807, 2.05) is 18.2 Å². The fourth-order valence-corrected chi connectivity index (χ4v) is 2.93. The molecule has 2 aromatic carbocycles. The van der Waals surface area contributed by atoms with E-state index in [2.05, 4.69) is 10.3 Å². The van der Waals surface area contributed by atoms with Gasteiger partial charge in [0.05, 0.1) is 12.0 Å². The number of benzene rings is 2. The zero-order valence-electron chi connectivity index (χ0n) is 15.6. The molecule has 8 heteroatoms. The zero-order valence-corrected chi connectivity index (χ0v) is 15.6. The van der Waals surface area contributed by atoms with Crippen molar-refractivity contribution in [3.05, 3.63) is 90.3 Å². The summed E-state index contributed by atoms with van der Waals surface area (Å²) in [5.74, 6) is 0.854. The van der Waals surface area contributed by atoms with E-state index in [1.165, 1.54) is 12.1 Å². The number of halogens is 3. The van der Waals surface area contributed by atoms with Crippen molar-refractivity contribution in [3.8, 4) is 11.6 Å². The van der Waals surface area contributed by atoms with E-state index in [4.69, 9.17) is 4.74 Å². The Kier molecular flexibility index (Phi) is 5.14. The lowest BCUT2D eigenvalue weighted by molar-refractivity contribution is -0.137. The summed E-state index contributed by atoms with van der Waals surface area (Å²) in [4.78, 5) is 16.4. The number of amides is 1. The Bertz CT molecular complexity index is 1170. The van der Waals surface area contributed by atoms with E-state index in [0.29, 0.717) is 22.9 Å². The van der Waals surface area contributed by atoms with Crippen LogP contribution < -0.4 is 10.1 Å². The number of rotatable bonds is 5. The number of carbonyl (C=O) groups is 1. The van der Waals surface area contributed by atoms with Crippen LogP contribution in [0, 0.1) is 0 Å². The third kappa shape index (κ3) is 4.43. The van der Waals surface area contributed by atoms with Gasteiger partial charge in [0.25, 0.3) is 0 Å². The summed E-state index contributed by atoms with van der Waals surface area (Å²) in [6, 6.07) is 16.9. The van der Waals surface area contributed by atoms with Crippen LogP contribution in [0.2, 0.25) is 0 Å².